The molecule has 0 bridgehead atoms. The number of hydrogen-bond acceptors (Lipinski definition) is 6. The van der Waals surface area contributed by atoms with Gasteiger partial charge in [-0.05, 0) is 12.1 Å². The van der Waals surface area contributed by atoms with E-state index in [4.69, 9.17) is 0 Å². The number of fused-ring (bicyclic) bond motifs is 1. The average Bonchev–Trinajstić information content (AvgIpc) is 2.68. The van der Waals surface area contributed by atoms with Gasteiger partial charge < -0.3 is 5.11 Å². The molecule has 22 heavy (non-hydrogen) atoms. The van der Waals surface area contributed by atoms with E-state index in [-0.39, 0.29) is 11.1 Å². The van der Waals surface area contributed by atoms with E-state index in [9.17, 15) is 27.9 Å². The summed E-state index contributed by atoms with van der Waals surface area (Å²) in [6.07, 6.45) is 0. The quantitative estimate of drug-likeness (QED) is 0.817. The molecule has 0 aromatic heterocycles. The van der Waals surface area contributed by atoms with Gasteiger partial charge in [-0.1, -0.05) is 26.0 Å². The van der Waals surface area contributed by atoms with Crippen LogP contribution in [0.5, 0.6) is 0 Å². The van der Waals surface area contributed by atoms with Gasteiger partial charge in [-0.15, -0.1) is 4.36 Å². The van der Waals surface area contributed by atoms with Crippen LogP contribution in [-0.4, -0.2) is 41.9 Å². The molecule has 2 rings (SSSR count). The highest BCUT2D eigenvalue weighted by Gasteiger charge is 2.57. The summed E-state index contributed by atoms with van der Waals surface area (Å²) >= 11 is 0. The lowest BCUT2D eigenvalue weighted by Gasteiger charge is -2.34. The Morgan fingerprint density at radius 1 is 1.18 bits per heavy atom. The Bertz CT molecular complexity index is 771. The molecule has 1 N–H and O–H groups in total. The third-order valence-corrected chi connectivity index (χ3v) is 3.90. The zero-order valence-electron chi connectivity index (χ0n) is 11.7. The molecule has 9 heteroatoms. The molecule has 1 aromatic carbocycles. The summed E-state index contributed by atoms with van der Waals surface area (Å²) in [6, 6.07) is 5.79. The molecule has 8 nitrogen and oxygen atoms in total. The van der Waals surface area contributed by atoms with Crippen LogP contribution in [0.15, 0.2) is 28.6 Å². The molecule has 0 saturated heterocycles. The summed E-state index contributed by atoms with van der Waals surface area (Å²) in [6.45, 7) is 2.74. The van der Waals surface area contributed by atoms with Crippen molar-refractivity contribution in [3.05, 3.63) is 35.4 Å². The van der Waals surface area contributed by atoms with Gasteiger partial charge in [-0.2, -0.15) is 8.42 Å². The van der Waals surface area contributed by atoms with E-state index in [2.05, 4.69) is 4.36 Å². The van der Waals surface area contributed by atoms with E-state index in [0.29, 0.717) is 4.90 Å². The van der Waals surface area contributed by atoms with Gasteiger partial charge in [0.1, 0.15) is 0 Å². The first-order valence-corrected chi connectivity index (χ1v) is 7.30. The molecule has 0 spiro atoms. The molecule has 2 amide bonds. The monoisotopic (exact) mass is 324 g/mol. The number of carbonyl (C=O) groups is 3. The molecule has 1 heterocycles. The van der Waals surface area contributed by atoms with Crippen molar-refractivity contribution in [2.24, 2.45) is 10.3 Å². The van der Waals surface area contributed by atoms with Gasteiger partial charge in [0.25, 0.3) is 17.5 Å². The second kappa shape index (κ2) is 5.34. The Balaban J connectivity index is 2.76. The number of amides is 2. The molecule has 0 saturated carbocycles. The molecule has 1 aliphatic heterocycles. The van der Waals surface area contributed by atoms with Crippen LogP contribution < -0.4 is 0 Å². The van der Waals surface area contributed by atoms with E-state index in [1.54, 1.807) is 0 Å². The summed E-state index contributed by atoms with van der Waals surface area (Å²) in [5, 5.41) is 9.50. The number of carboxylic acids is 1. The van der Waals surface area contributed by atoms with Crippen molar-refractivity contribution < 1.29 is 27.9 Å². The van der Waals surface area contributed by atoms with E-state index < -0.39 is 39.9 Å². The van der Waals surface area contributed by atoms with Crippen LogP contribution in [0.3, 0.4) is 0 Å². The zero-order chi connectivity index (χ0) is 16.7. The molecule has 0 aliphatic carbocycles. The number of nitrogens with zero attached hydrogens (tertiary/aromatic N) is 2. The number of hydrogen-bond donors (Lipinski definition) is 1. The Morgan fingerprint density at radius 3 is 1.95 bits per heavy atom. The van der Waals surface area contributed by atoms with E-state index in [1.165, 1.54) is 38.1 Å². The van der Waals surface area contributed by atoms with Gasteiger partial charge >= 0.3 is 16.5 Å². The summed E-state index contributed by atoms with van der Waals surface area (Å²) < 4.78 is 25.1. The Hall–Kier alpha value is -2.55. The molecule has 0 radical (unpaired) electrons. The van der Waals surface area contributed by atoms with E-state index in [0.717, 1.165) is 0 Å². The van der Waals surface area contributed by atoms with Crippen molar-refractivity contribution in [2.45, 2.75) is 19.5 Å². The van der Waals surface area contributed by atoms with Gasteiger partial charge in [-0.3, -0.25) is 9.59 Å². The second-order valence-electron chi connectivity index (χ2n) is 4.99. The Labute approximate surface area is 127 Å². The normalized spacial score (nSPS) is 16.4. The molecule has 116 valence electrons. The fourth-order valence-electron chi connectivity index (χ4n) is 2.40. The first-order chi connectivity index (χ1) is 10.2. The lowest BCUT2D eigenvalue weighted by Crippen LogP contribution is -2.59. The molecule has 0 fully saturated rings. The summed E-state index contributed by atoms with van der Waals surface area (Å²) in [4.78, 5) is 37.0. The predicted molar refractivity (Wildman–Crippen MR) is 73.5 cm³/mol. The van der Waals surface area contributed by atoms with Crippen molar-refractivity contribution in [1.29, 1.82) is 0 Å². The van der Waals surface area contributed by atoms with Crippen LogP contribution in [0, 0.1) is 5.92 Å². The van der Waals surface area contributed by atoms with Crippen LogP contribution in [0.25, 0.3) is 0 Å². The SMILES string of the molecule is CC(C)[C@](N=S(=O)=O)(C(=O)O)N1C(=O)c2ccccc2C1=O. The fraction of sp³-hybridized carbons (Fsp3) is 0.308. The standard InChI is InChI=1S/C13H12N2O6S/c1-7(2)13(12(18)19,14-22(20)21)15-10(16)8-5-3-4-6-9(8)11(15)17/h3-7H,1-2H3,(H,18,19)/t13-/m1/s1. The third-order valence-electron chi connectivity index (χ3n) is 3.47. The van der Waals surface area contributed by atoms with Gasteiger partial charge in [0, 0.05) is 5.92 Å². The first kappa shape index (κ1) is 15.8. The van der Waals surface area contributed by atoms with Crippen molar-refractivity contribution in [3.63, 3.8) is 0 Å². The number of carboxylic acid groups (broad SMARTS) is 1. The maximum atomic E-state index is 12.4. The highest BCUT2D eigenvalue weighted by atomic mass is 32.2. The van der Waals surface area contributed by atoms with E-state index in [1.807, 2.05) is 0 Å². The topological polar surface area (TPSA) is 121 Å². The van der Waals surface area contributed by atoms with Crippen molar-refractivity contribution in [3.8, 4) is 0 Å². The van der Waals surface area contributed by atoms with Crippen LogP contribution >= 0.6 is 0 Å². The van der Waals surface area contributed by atoms with Crippen LogP contribution in [0.2, 0.25) is 0 Å². The number of benzene rings is 1. The minimum absolute atomic E-state index is 0.0191. The van der Waals surface area contributed by atoms with Gasteiger partial charge in [-0.25, -0.2) is 9.69 Å². The number of aliphatic carboxylic acids is 1. The number of carbonyl (C=O) groups excluding carboxylic acids is 2. The molecular formula is C13H12N2O6S. The lowest BCUT2D eigenvalue weighted by molar-refractivity contribution is -0.150. The first-order valence-electron chi connectivity index (χ1n) is 6.27. The zero-order valence-corrected chi connectivity index (χ0v) is 12.5. The minimum Gasteiger partial charge on any atom is -0.478 e. The highest BCUT2D eigenvalue weighted by molar-refractivity contribution is 7.61. The second-order valence-corrected chi connectivity index (χ2v) is 5.60. The molecule has 1 atom stereocenters. The maximum absolute atomic E-state index is 12.4. The van der Waals surface area contributed by atoms with Gasteiger partial charge in [0.15, 0.2) is 0 Å². The van der Waals surface area contributed by atoms with E-state index >= 15 is 0 Å². The molecule has 1 aliphatic rings. The number of rotatable bonds is 4. The molecule has 1 aromatic rings. The Kier molecular flexibility index (Phi) is 3.84. The smallest absolute Gasteiger partial charge is 0.354 e. The lowest BCUT2D eigenvalue weighted by atomic mass is 9.95. The van der Waals surface area contributed by atoms with Crippen molar-refractivity contribution >= 4 is 28.3 Å². The van der Waals surface area contributed by atoms with Crippen LogP contribution in [0.1, 0.15) is 34.6 Å². The van der Waals surface area contributed by atoms with Crippen molar-refractivity contribution in [1.82, 2.24) is 4.90 Å². The maximum Gasteiger partial charge on any atom is 0.354 e. The average molecular weight is 324 g/mol. The number of imide groups is 1. The third kappa shape index (κ3) is 2.10. The van der Waals surface area contributed by atoms with Gasteiger partial charge in [0.05, 0.1) is 11.1 Å². The largest absolute Gasteiger partial charge is 0.478 e. The summed E-state index contributed by atoms with van der Waals surface area (Å²) in [5.41, 5.74) is -2.48. The molecule has 0 unspecified atom stereocenters. The highest BCUT2D eigenvalue weighted by Crippen LogP contribution is 2.35. The van der Waals surface area contributed by atoms with Gasteiger partial charge in [0.2, 0.25) is 0 Å². The predicted octanol–water partition coefficient (Wildman–Crippen LogP) is 0.782. The Morgan fingerprint density at radius 2 is 1.64 bits per heavy atom. The van der Waals surface area contributed by atoms with Crippen LogP contribution in [0.4, 0.5) is 0 Å². The summed E-state index contributed by atoms with van der Waals surface area (Å²) in [5.74, 6) is -4.41. The summed E-state index contributed by atoms with van der Waals surface area (Å²) in [7, 11) is -3.12. The minimum atomic E-state index is -3.12. The van der Waals surface area contributed by atoms with Crippen LogP contribution in [-0.2, 0) is 15.3 Å². The fourth-order valence-corrected chi connectivity index (χ4v) is 3.00. The molecular weight excluding hydrogens is 312 g/mol. The van der Waals surface area contributed by atoms with Crippen molar-refractivity contribution in [2.75, 3.05) is 0 Å².